The molecule has 1 heterocycles. The zero-order valence-corrected chi connectivity index (χ0v) is 7.33. The van der Waals surface area contributed by atoms with Gasteiger partial charge in [0, 0.05) is 13.3 Å². The summed E-state index contributed by atoms with van der Waals surface area (Å²) in [6, 6.07) is 4.71. The van der Waals surface area contributed by atoms with Crippen molar-refractivity contribution in [2.75, 3.05) is 7.11 Å². The quantitative estimate of drug-likeness (QED) is 0.647. The first-order valence-corrected chi connectivity index (χ1v) is 4.12. The van der Waals surface area contributed by atoms with Crippen molar-refractivity contribution in [3.63, 3.8) is 0 Å². The van der Waals surface area contributed by atoms with Crippen LogP contribution in [-0.4, -0.2) is 13.3 Å². The molecule has 0 saturated carbocycles. The summed E-state index contributed by atoms with van der Waals surface area (Å²) in [5.74, 6) is -0.217. The molecule has 0 amide bonds. The van der Waals surface area contributed by atoms with Crippen LogP contribution in [0.1, 0.15) is 17.2 Å². The van der Waals surface area contributed by atoms with Crippen LogP contribution >= 0.6 is 0 Å². The highest BCUT2D eigenvalue weighted by molar-refractivity contribution is 5.68. The highest BCUT2D eigenvalue weighted by Crippen LogP contribution is 2.24. The van der Waals surface area contributed by atoms with E-state index in [1.54, 1.807) is 19.4 Å². The average molecular weight is 179 g/mol. The Bertz CT molecular complexity index is 349. The average Bonchev–Trinajstić information content (AvgIpc) is 2.16. The fraction of sp³-hybridized carbons (Fsp3) is 0.300. The monoisotopic (exact) mass is 179 g/mol. The van der Waals surface area contributed by atoms with Crippen molar-refractivity contribution in [3.8, 4) is 0 Å². The minimum Gasteiger partial charge on any atom is -0.371 e. The summed E-state index contributed by atoms with van der Waals surface area (Å²) in [5, 5.41) is 0. The number of aliphatic imine (C=N–C) groups is 1. The van der Waals surface area contributed by atoms with Gasteiger partial charge in [0.1, 0.15) is 11.9 Å². The van der Waals surface area contributed by atoms with Crippen LogP contribution in [0, 0.1) is 5.82 Å². The number of halogens is 1. The van der Waals surface area contributed by atoms with Crippen molar-refractivity contribution in [3.05, 3.63) is 35.1 Å². The first kappa shape index (κ1) is 8.38. The van der Waals surface area contributed by atoms with E-state index in [-0.39, 0.29) is 11.9 Å². The van der Waals surface area contributed by atoms with Crippen LogP contribution in [0.3, 0.4) is 0 Å². The molecule has 1 unspecified atom stereocenters. The molecule has 1 atom stereocenters. The smallest absolute Gasteiger partial charge is 0.123 e. The number of fused-ring (bicyclic) bond motifs is 1. The van der Waals surface area contributed by atoms with Crippen LogP contribution in [-0.2, 0) is 11.3 Å². The van der Waals surface area contributed by atoms with Crippen LogP contribution in [0.25, 0.3) is 0 Å². The van der Waals surface area contributed by atoms with Crippen LogP contribution in [0.15, 0.2) is 23.2 Å². The van der Waals surface area contributed by atoms with E-state index in [1.807, 2.05) is 0 Å². The molecule has 1 aliphatic heterocycles. The predicted octanol–water partition coefficient (Wildman–Crippen LogP) is 2.10. The summed E-state index contributed by atoms with van der Waals surface area (Å²) in [5.41, 5.74) is 1.92. The molecule has 1 aliphatic rings. The number of nitrogens with zero attached hydrogens (tertiary/aromatic N) is 1. The summed E-state index contributed by atoms with van der Waals surface area (Å²) in [6.07, 6.45) is 1.63. The Morgan fingerprint density at radius 2 is 2.38 bits per heavy atom. The van der Waals surface area contributed by atoms with Crippen molar-refractivity contribution in [1.82, 2.24) is 0 Å². The Morgan fingerprint density at radius 1 is 1.54 bits per heavy atom. The molecule has 2 rings (SSSR count). The summed E-state index contributed by atoms with van der Waals surface area (Å²) in [7, 11) is 1.62. The van der Waals surface area contributed by atoms with Crippen LogP contribution in [0.5, 0.6) is 0 Å². The largest absolute Gasteiger partial charge is 0.371 e. The Labute approximate surface area is 76.1 Å². The molecule has 68 valence electrons. The maximum Gasteiger partial charge on any atom is 0.123 e. The molecule has 1 aromatic rings. The summed E-state index contributed by atoms with van der Waals surface area (Å²) < 4.78 is 18.0. The lowest BCUT2D eigenvalue weighted by Crippen LogP contribution is -2.10. The Balaban J connectivity index is 2.45. The van der Waals surface area contributed by atoms with Gasteiger partial charge in [-0.25, -0.2) is 4.39 Å². The molecule has 3 heteroatoms. The van der Waals surface area contributed by atoms with Crippen molar-refractivity contribution >= 4 is 6.21 Å². The normalized spacial score (nSPS) is 20.0. The first-order chi connectivity index (χ1) is 6.31. The minimum atomic E-state index is -0.217. The molecule has 0 aliphatic carbocycles. The van der Waals surface area contributed by atoms with Crippen molar-refractivity contribution in [1.29, 1.82) is 0 Å². The molecule has 13 heavy (non-hydrogen) atoms. The van der Waals surface area contributed by atoms with Gasteiger partial charge in [0.2, 0.25) is 0 Å². The second-order valence-corrected chi connectivity index (χ2v) is 2.99. The number of hydrogen-bond acceptors (Lipinski definition) is 2. The van der Waals surface area contributed by atoms with E-state index in [4.69, 9.17) is 4.74 Å². The Hall–Kier alpha value is -1.22. The van der Waals surface area contributed by atoms with Crippen LogP contribution < -0.4 is 0 Å². The third-order valence-corrected chi connectivity index (χ3v) is 2.17. The van der Waals surface area contributed by atoms with Gasteiger partial charge in [-0.15, -0.1) is 0 Å². The van der Waals surface area contributed by atoms with Gasteiger partial charge in [0.15, 0.2) is 0 Å². The summed E-state index contributed by atoms with van der Waals surface area (Å²) >= 11 is 0. The van der Waals surface area contributed by atoms with Gasteiger partial charge in [-0.05, 0) is 23.3 Å². The van der Waals surface area contributed by atoms with Gasteiger partial charge in [-0.1, -0.05) is 6.07 Å². The summed E-state index contributed by atoms with van der Waals surface area (Å²) in [6.45, 7) is 0.549. The molecule has 2 nitrogen and oxygen atoms in total. The lowest BCUT2D eigenvalue weighted by molar-refractivity contribution is 0.159. The van der Waals surface area contributed by atoms with E-state index in [1.165, 1.54) is 12.1 Å². The highest BCUT2D eigenvalue weighted by atomic mass is 19.1. The molecule has 0 aromatic heterocycles. The van der Waals surface area contributed by atoms with Gasteiger partial charge in [0.05, 0.1) is 6.54 Å². The van der Waals surface area contributed by atoms with Crippen LogP contribution in [0.2, 0.25) is 0 Å². The zero-order chi connectivity index (χ0) is 9.26. The van der Waals surface area contributed by atoms with Crippen molar-refractivity contribution in [2.45, 2.75) is 12.6 Å². The topological polar surface area (TPSA) is 21.6 Å². The zero-order valence-electron chi connectivity index (χ0n) is 7.33. The first-order valence-electron chi connectivity index (χ1n) is 4.12. The standard InChI is InChI=1S/C10H10FNO/c1-13-10-6-12-5-7-4-8(11)2-3-9(7)10/h2-4,6,10H,5H2,1H3. The van der Waals surface area contributed by atoms with Gasteiger partial charge >= 0.3 is 0 Å². The van der Waals surface area contributed by atoms with Crippen molar-refractivity contribution in [2.24, 2.45) is 4.99 Å². The molecule has 0 bridgehead atoms. The number of rotatable bonds is 1. The van der Waals surface area contributed by atoms with Crippen molar-refractivity contribution < 1.29 is 9.13 Å². The van der Waals surface area contributed by atoms with Gasteiger partial charge in [-0.3, -0.25) is 4.99 Å². The molecular weight excluding hydrogens is 169 g/mol. The fourth-order valence-corrected chi connectivity index (χ4v) is 1.50. The fourth-order valence-electron chi connectivity index (χ4n) is 1.50. The highest BCUT2D eigenvalue weighted by Gasteiger charge is 2.16. The van der Waals surface area contributed by atoms with Gasteiger partial charge in [0.25, 0.3) is 0 Å². The summed E-state index contributed by atoms with van der Waals surface area (Å²) in [4.78, 5) is 4.10. The Morgan fingerprint density at radius 3 is 3.15 bits per heavy atom. The van der Waals surface area contributed by atoms with E-state index in [9.17, 15) is 4.39 Å². The van der Waals surface area contributed by atoms with Gasteiger partial charge < -0.3 is 4.74 Å². The second-order valence-electron chi connectivity index (χ2n) is 2.99. The SMILES string of the molecule is COC1C=NCc2cc(F)ccc21. The minimum absolute atomic E-state index is 0.121. The molecular formula is C10H10FNO. The molecule has 0 spiro atoms. The number of methoxy groups -OCH3 is 1. The van der Waals surface area contributed by atoms with E-state index in [0.717, 1.165) is 11.1 Å². The van der Waals surface area contributed by atoms with E-state index < -0.39 is 0 Å². The maximum atomic E-state index is 12.8. The van der Waals surface area contributed by atoms with E-state index in [0.29, 0.717) is 6.54 Å². The van der Waals surface area contributed by atoms with Gasteiger partial charge in [-0.2, -0.15) is 0 Å². The molecule has 1 aromatic carbocycles. The number of hydrogen-bond donors (Lipinski definition) is 0. The maximum absolute atomic E-state index is 12.8. The molecule has 0 radical (unpaired) electrons. The van der Waals surface area contributed by atoms with E-state index in [2.05, 4.69) is 4.99 Å². The second kappa shape index (κ2) is 3.26. The lowest BCUT2D eigenvalue weighted by atomic mass is 10.0. The molecule has 0 fully saturated rings. The number of ether oxygens (including phenoxy) is 1. The molecule has 0 N–H and O–H groups in total. The van der Waals surface area contributed by atoms with E-state index >= 15 is 0 Å². The third-order valence-electron chi connectivity index (χ3n) is 2.17. The third kappa shape index (κ3) is 1.47. The Kier molecular flexibility index (Phi) is 2.10. The lowest BCUT2D eigenvalue weighted by Gasteiger charge is -2.18. The predicted molar refractivity (Wildman–Crippen MR) is 48.3 cm³/mol. The number of benzene rings is 1. The van der Waals surface area contributed by atoms with Crippen LogP contribution in [0.4, 0.5) is 4.39 Å². The molecule has 0 saturated heterocycles.